The van der Waals surface area contributed by atoms with Crippen LogP contribution in [-0.2, 0) is 10.8 Å². The highest BCUT2D eigenvalue weighted by Crippen LogP contribution is 2.57. The molecule has 6 aromatic rings. The van der Waals surface area contributed by atoms with Crippen LogP contribution in [0.15, 0.2) is 146 Å². The third kappa shape index (κ3) is 3.30. The van der Waals surface area contributed by atoms with Gasteiger partial charge < -0.3 is 5.32 Å². The molecule has 0 aromatic heterocycles. The fraction of sp³-hybridized carbons (Fsp3) is 0.100. The van der Waals surface area contributed by atoms with E-state index >= 15 is 0 Å². The molecule has 6 aromatic carbocycles. The minimum atomic E-state index is -0.370. The third-order valence-electron chi connectivity index (χ3n) is 9.32. The highest BCUT2D eigenvalue weighted by molar-refractivity contribution is 5.90. The first-order valence-corrected chi connectivity index (χ1v) is 14.5. The van der Waals surface area contributed by atoms with Crippen molar-refractivity contribution in [3.05, 3.63) is 179 Å². The Morgan fingerprint density at radius 2 is 0.976 bits per heavy atom. The molecule has 0 radical (unpaired) electrons. The summed E-state index contributed by atoms with van der Waals surface area (Å²) in [6.07, 6.45) is 0. The van der Waals surface area contributed by atoms with E-state index in [-0.39, 0.29) is 10.8 Å². The molecule has 0 saturated heterocycles. The Labute approximate surface area is 242 Å². The van der Waals surface area contributed by atoms with Gasteiger partial charge in [0, 0.05) is 16.8 Å². The van der Waals surface area contributed by atoms with Gasteiger partial charge in [-0.1, -0.05) is 141 Å². The molecule has 2 aliphatic carbocycles. The van der Waals surface area contributed by atoms with Gasteiger partial charge in [-0.3, -0.25) is 0 Å². The molecule has 1 nitrogen and oxygen atoms in total. The van der Waals surface area contributed by atoms with Crippen molar-refractivity contribution in [3.8, 4) is 22.3 Å². The summed E-state index contributed by atoms with van der Waals surface area (Å²) in [6.45, 7) is 4.69. The maximum absolute atomic E-state index is 3.86. The lowest BCUT2D eigenvalue weighted by atomic mass is 9.68. The molecule has 0 unspecified atom stereocenters. The second-order valence-electron chi connectivity index (χ2n) is 11.8. The first kappa shape index (κ1) is 24.0. The Kier molecular flexibility index (Phi) is 5.15. The maximum atomic E-state index is 3.86. The van der Waals surface area contributed by atoms with Crippen molar-refractivity contribution in [2.45, 2.75) is 24.7 Å². The number of fused-ring (bicyclic) bond motifs is 6. The van der Waals surface area contributed by atoms with Crippen LogP contribution in [0, 0.1) is 0 Å². The molecule has 2 aliphatic rings. The van der Waals surface area contributed by atoms with E-state index in [9.17, 15) is 0 Å². The van der Waals surface area contributed by atoms with Gasteiger partial charge in [0.1, 0.15) is 0 Å². The molecule has 41 heavy (non-hydrogen) atoms. The normalized spacial score (nSPS) is 15.0. The van der Waals surface area contributed by atoms with Crippen molar-refractivity contribution >= 4 is 11.4 Å². The van der Waals surface area contributed by atoms with Crippen LogP contribution in [0.25, 0.3) is 22.3 Å². The summed E-state index contributed by atoms with van der Waals surface area (Å²) in [5, 5.41) is 3.86. The second-order valence-corrected chi connectivity index (χ2v) is 11.8. The van der Waals surface area contributed by atoms with Gasteiger partial charge in [0.25, 0.3) is 0 Å². The molecule has 0 spiro atoms. The quantitative estimate of drug-likeness (QED) is 0.241. The molecule has 0 aliphatic heterocycles. The molecule has 196 valence electrons. The minimum Gasteiger partial charge on any atom is -0.355 e. The van der Waals surface area contributed by atoms with Crippen LogP contribution in [0.5, 0.6) is 0 Å². The van der Waals surface area contributed by atoms with Crippen molar-refractivity contribution in [2.24, 2.45) is 0 Å². The molecule has 0 bridgehead atoms. The highest BCUT2D eigenvalue weighted by Gasteiger charge is 2.46. The van der Waals surface area contributed by atoms with E-state index < -0.39 is 0 Å². The molecule has 0 atom stereocenters. The predicted octanol–water partition coefficient (Wildman–Crippen LogP) is 10.1. The summed E-state index contributed by atoms with van der Waals surface area (Å²) in [5.74, 6) is 0. The summed E-state index contributed by atoms with van der Waals surface area (Å²) >= 11 is 0. The van der Waals surface area contributed by atoms with Gasteiger partial charge in [-0.25, -0.2) is 0 Å². The summed E-state index contributed by atoms with van der Waals surface area (Å²) in [6, 6.07) is 53.4. The predicted molar refractivity (Wildman–Crippen MR) is 171 cm³/mol. The lowest BCUT2D eigenvalue weighted by Crippen LogP contribution is -2.28. The molecule has 0 saturated carbocycles. The molecule has 1 N–H and O–H groups in total. The number of rotatable bonds is 4. The van der Waals surface area contributed by atoms with Crippen LogP contribution in [0.4, 0.5) is 11.4 Å². The Hall–Kier alpha value is -4.88. The molecule has 0 heterocycles. The van der Waals surface area contributed by atoms with Gasteiger partial charge in [-0.05, 0) is 73.8 Å². The number of hydrogen-bond acceptors (Lipinski definition) is 1. The van der Waals surface area contributed by atoms with Crippen LogP contribution < -0.4 is 5.32 Å². The van der Waals surface area contributed by atoms with Crippen molar-refractivity contribution in [1.29, 1.82) is 0 Å². The maximum Gasteiger partial charge on any atom is 0.0713 e. The monoisotopic (exact) mass is 525 g/mol. The Balaban J connectivity index is 1.31. The van der Waals surface area contributed by atoms with Gasteiger partial charge in [-0.2, -0.15) is 0 Å². The summed E-state index contributed by atoms with van der Waals surface area (Å²) in [7, 11) is 0. The second kappa shape index (κ2) is 8.81. The van der Waals surface area contributed by atoms with Gasteiger partial charge in [0.05, 0.1) is 5.41 Å². The minimum absolute atomic E-state index is 0.0748. The van der Waals surface area contributed by atoms with Crippen LogP contribution in [0.3, 0.4) is 0 Å². The topological polar surface area (TPSA) is 12.0 Å². The van der Waals surface area contributed by atoms with Crippen LogP contribution in [0.2, 0.25) is 0 Å². The number of benzene rings is 6. The molecule has 0 amide bonds. The zero-order valence-electron chi connectivity index (χ0n) is 23.4. The zero-order chi connectivity index (χ0) is 27.6. The molecular weight excluding hydrogens is 494 g/mol. The summed E-state index contributed by atoms with van der Waals surface area (Å²) in [5.41, 5.74) is 15.1. The summed E-state index contributed by atoms with van der Waals surface area (Å²) in [4.78, 5) is 0. The first-order chi connectivity index (χ1) is 20.1. The fourth-order valence-electron chi connectivity index (χ4n) is 7.63. The molecule has 8 rings (SSSR count). The van der Waals surface area contributed by atoms with E-state index in [0.29, 0.717) is 0 Å². The molecule has 0 fully saturated rings. The molecule has 1 heteroatoms. The van der Waals surface area contributed by atoms with Crippen LogP contribution >= 0.6 is 0 Å². The Morgan fingerprint density at radius 3 is 1.66 bits per heavy atom. The zero-order valence-corrected chi connectivity index (χ0v) is 23.4. The SMILES string of the molecule is CC1(C)c2ccccc2-c2cccc(Nc3ccc4c(c3)-c3ccccc3C4(c3ccccc3)c3ccccc3)c21. The van der Waals surface area contributed by atoms with Gasteiger partial charge in [0.15, 0.2) is 0 Å². The largest absolute Gasteiger partial charge is 0.355 e. The van der Waals surface area contributed by atoms with E-state index in [1.807, 2.05) is 0 Å². The lowest BCUT2D eigenvalue weighted by molar-refractivity contribution is 0.662. The Bertz CT molecular complexity index is 1890. The van der Waals surface area contributed by atoms with Crippen LogP contribution in [-0.4, -0.2) is 0 Å². The summed E-state index contributed by atoms with van der Waals surface area (Å²) < 4.78 is 0. The smallest absolute Gasteiger partial charge is 0.0713 e. The van der Waals surface area contributed by atoms with E-state index in [0.717, 1.165) is 5.69 Å². The van der Waals surface area contributed by atoms with Crippen molar-refractivity contribution in [1.82, 2.24) is 0 Å². The van der Waals surface area contributed by atoms with E-state index in [2.05, 4.69) is 165 Å². The average Bonchev–Trinajstić information content (AvgIpc) is 3.45. The number of anilines is 2. The fourth-order valence-corrected chi connectivity index (χ4v) is 7.63. The number of hydrogen-bond donors (Lipinski definition) is 1. The molecular formula is C40H31N. The van der Waals surface area contributed by atoms with Crippen molar-refractivity contribution in [2.75, 3.05) is 5.32 Å². The third-order valence-corrected chi connectivity index (χ3v) is 9.32. The van der Waals surface area contributed by atoms with Crippen LogP contribution in [0.1, 0.15) is 47.2 Å². The van der Waals surface area contributed by atoms with E-state index in [1.165, 1.54) is 61.3 Å². The number of nitrogens with one attached hydrogen (secondary N) is 1. The van der Waals surface area contributed by atoms with Gasteiger partial charge in [0.2, 0.25) is 0 Å². The van der Waals surface area contributed by atoms with E-state index in [1.54, 1.807) is 0 Å². The average molecular weight is 526 g/mol. The van der Waals surface area contributed by atoms with E-state index in [4.69, 9.17) is 0 Å². The highest BCUT2D eigenvalue weighted by atomic mass is 14.9. The lowest BCUT2D eigenvalue weighted by Gasteiger charge is -2.33. The Morgan fingerprint density at radius 1 is 0.439 bits per heavy atom. The first-order valence-electron chi connectivity index (χ1n) is 14.5. The van der Waals surface area contributed by atoms with Gasteiger partial charge in [-0.15, -0.1) is 0 Å². The standard InChI is InChI=1S/C40H31N/c1-39(2)34-21-11-9-18-30(34)32-20-13-23-37(38(32)39)41-29-24-25-36-33(26-29)31-19-10-12-22-35(31)40(36,27-14-5-3-6-15-27)28-16-7-4-8-17-28/h3-26,41H,1-2H3. The van der Waals surface area contributed by atoms with Crippen molar-refractivity contribution < 1.29 is 0 Å². The van der Waals surface area contributed by atoms with Gasteiger partial charge >= 0.3 is 0 Å². The van der Waals surface area contributed by atoms with Crippen molar-refractivity contribution in [3.63, 3.8) is 0 Å².